The van der Waals surface area contributed by atoms with Crippen LogP contribution in [0.1, 0.15) is 5.56 Å². The average Bonchev–Trinajstić information content (AvgIpc) is 2.09. The van der Waals surface area contributed by atoms with Crippen LogP contribution in [0.2, 0.25) is 5.02 Å². The van der Waals surface area contributed by atoms with Gasteiger partial charge in [-0.15, -0.1) is 0 Å². The van der Waals surface area contributed by atoms with Crippen LogP contribution in [0.5, 0.6) is 0 Å². The van der Waals surface area contributed by atoms with Crippen LogP contribution in [0, 0.1) is 6.92 Å². The van der Waals surface area contributed by atoms with Crippen LogP contribution in [0.15, 0.2) is 27.5 Å². The minimum atomic E-state index is -3.95. The molecule has 4 nitrogen and oxygen atoms in total. The lowest BCUT2D eigenvalue weighted by Gasteiger charge is -2.02. The maximum atomic E-state index is 11.3. The Morgan fingerprint density at radius 2 is 2.07 bits per heavy atom. The summed E-state index contributed by atoms with van der Waals surface area (Å²) in [6.07, 6.45) is 0.997. The van der Waals surface area contributed by atoms with Crippen molar-refractivity contribution >= 4 is 27.7 Å². The standard InChI is InChI=1S/C8H6ClNO3S/c1-6-7(9)3-2-4-8(6)14(12,13)10-5-11/h2-4H,1H3. The van der Waals surface area contributed by atoms with Crippen molar-refractivity contribution in [1.82, 2.24) is 0 Å². The second kappa shape index (κ2) is 3.92. The first-order chi connectivity index (χ1) is 6.49. The lowest BCUT2D eigenvalue weighted by molar-refractivity contribution is 0.563. The molecule has 6 heteroatoms. The summed E-state index contributed by atoms with van der Waals surface area (Å²) in [5.74, 6) is 0. The first kappa shape index (κ1) is 10.9. The van der Waals surface area contributed by atoms with Crippen LogP contribution in [0.4, 0.5) is 0 Å². The van der Waals surface area contributed by atoms with Gasteiger partial charge in [0.15, 0.2) is 0 Å². The van der Waals surface area contributed by atoms with E-state index in [-0.39, 0.29) is 4.90 Å². The van der Waals surface area contributed by atoms with Gasteiger partial charge in [-0.3, -0.25) is 0 Å². The minimum absolute atomic E-state index is 0.0756. The Morgan fingerprint density at radius 1 is 1.43 bits per heavy atom. The fourth-order valence-electron chi connectivity index (χ4n) is 0.965. The van der Waals surface area contributed by atoms with Crippen LogP contribution >= 0.6 is 11.6 Å². The van der Waals surface area contributed by atoms with Gasteiger partial charge in [-0.05, 0) is 24.6 Å². The van der Waals surface area contributed by atoms with Gasteiger partial charge in [-0.25, -0.2) is 4.79 Å². The molecule has 0 aliphatic rings. The Hall–Kier alpha value is -1.16. The number of hydrogen-bond donors (Lipinski definition) is 0. The maximum Gasteiger partial charge on any atom is 0.292 e. The summed E-state index contributed by atoms with van der Waals surface area (Å²) in [7, 11) is -3.95. The Bertz CT molecular complexity index is 503. The smallest absolute Gasteiger partial charge is 0.210 e. The molecule has 0 bridgehead atoms. The van der Waals surface area contributed by atoms with E-state index in [0.717, 1.165) is 6.08 Å². The highest BCUT2D eigenvalue weighted by molar-refractivity contribution is 7.90. The van der Waals surface area contributed by atoms with E-state index in [0.29, 0.717) is 10.6 Å². The third-order valence-corrected chi connectivity index (χ3v) is 3.38. The molecule has 0 aliphatic heterocycles. The lowest BCUT2D eigenvalue weighted by Crippen LogP contribution is -1.99. The van der Waals surface area contributed by atoms with Crippen molar-refractivity contribution in [2.24, 2.45) is 4.40 Å². The van der Waals surface area contributed by atoms with E-state index in [1.165, 1.54) is 19.1 Å². The summed E-state index contributed by atoms with van der Waals surface area (Å²) in [5.41, 5.74) is 0.369. The molecule has 0 saturated carbocycles. The topological polar surface area (TPSA) is 63.6 Å². The largest absolute Gasteiger partial charge is 0.292 e. The number of hydrogen-bond acceptors (Lipinski definition) is 3. The first-order valence-electron chi connectivity index (χ1n) is 3.58. The van der Waals surface area contributed by atoms with Crippen molar-refractivity contribution in [2.75, 3.05) is 0 Å². The zero-order valence-electron chi connectivity index (χ0n) is 7.19. The summed E-state index contributed by atoms with van der Waals surface area (Å²) in [6.45, 7) is 1.54. The van der Waals surface area contributed by atoms with Crippen LogP contribution in [-0.2, 0) is 14.8 Å². The van der Waals surface area contributed by atoms with Gasteiger partial charge in [0.2, 0.25) is 0 Å². The van der Waals surface area contributed by atoms with Crippen molar-refractivity contribution in [3.63, 3.8) is 0 Å². The molecule has 0 amide bonds. The van der Waals surface area contributed by atoms with Crippen molar-refractivity contribution in [2.45, 2.75) is 11.8 Å². The fraction of sp³-hybridized carbons (Fsp3) is 0.125. The maximum absolute atomic E-state index is 11.3. The average molecular weight is 232 g/mol. The predicted octanol–water partition coefficient (Wildman–Crippen LogP) is 1.67. The molecule has 1 rings (SSSR count). The van der Waals surface area contributed by atoms with Crippen LogP contribution in [0.25, 0.3) is 0 Å². The van der Waals surface area contributed by atoms with E-state index in [9.17, 15) is 13.2 Å². The number of rotatable bonds is 2. The number of nitrogens with zero attached hydrogens (tertiary/aromatic N) is 1. The van der Waals surface area contributed by atoms with Gasteiger partial charge in [0.05, 0.1) is 4.90 Å². The van der Waals surface area contributed by atoms with Gasteiger partial charge in [0, 0.05) is 5.02 Å². The number of carbonyl (C=O) groups excluding carboxylic acids is 1. The Kier molecular flexibility index (Phi) is 3.06. The minimum Gasteiger partial charge on any atom is -0.210 e. The Balaban J connectivity index is 3.49. The van der Waals surface area contributed by atoms with Gasteiger partial charge >= 0.3 is 0 Å². The van der Waals surface area contributed by atoms with Crippen molar-refractivity contribution in [1.29, 1.82) is 0 Å². The predicted molar refractivity (Wildman–Crippen MR) is 51.5 cm³/mol. The number of benzene rings is 1. The van der Waals surface area contributed by atoms with Gasteiger partial charge in [0.25, 0.3) is 16.1 Å². The van der Waals surface area contributed by atoms with E-state index < -0.39 is 10.0 Å². The fourth-order valence-corrected chi connectivity index (χ4v) is 2.14. The normalized spacial score (nSPS) is 10.7. The van der Waals surface area contributed by atoms with Crippen molar-refractivity contribution in [3.8, 4) is 0 Å². The molecule has 0 aliphatic carbocycles. The van der Waals surface area contributed by atoms with E-state index in [4.69, 9.17) is 11.6 Å². The molecule has 0 saturated heterocycles. The zero-order chi connectivity index (χ0) is 10.8. The van der Waals surface area contributed by atoms with Crippen molar-refractivity contribution in [3.05, 3.63) is 28.8 Å². The highest BCUT2D eigenvalue weighted by Crippen LogP contribution is 2.23. The van der Waals surface area contributed by atoms with E-state index in [1.54, 1.807) is 6.07 Å². The third kappa shape index (κ3) is 2.01. The highest BCUT2D eigenvalue weighted by atomic mass is 35.5. The molecule has 0 radical (unpaired) electrons. The first-order valence-corrected chi connectivity index (χ1v) is 5.40. The SMILES string of the molecule is Cc1c(Cl)cccc1S(=O)(=O)N=C=O. The Morgan fingerprint density at radius 3 is 2.64 bits per heavy atom. The second-order valence-electron chi connectivity index (χ2n) is 2.52. The van der Waals surface area contributed by atoms with Crippen LogP contribution in [-0.4, -0.2) is 14.5 Å². The molecule has 74 valence electrons. The molecule has 0 N–H and O–H groups in total. The molecule has 0 atom stereocenters. The monoisotopic (exact) mass is 231 g/mol. The molecule has 0 aromatic heterocycles. The molecular weight excluding hydrogens is 226 g/mol. The van der Waals surface area contributed by atoms with Crippen LogP contribution in [0.3, 0.4) is 0 Å². The molecule has 1 aromatic rings. The number of sulfonamides is 1. The summed E-state index contributed by atoms with van der Waals surface area (Å²) in [6, 6.07) is 4.36. The van der Waals surface area contributed by atoms with Gasteiger partial charge in [0.1, 0.15) is 0 Å². The molecule has 0 spiro atoms. The zero-order valence-corrected chi connectivity index (χ0v) is 8.76. The van der Waals surface area contributed by atoms with Gasteiger partial charge < -0.3 is 0 Å². The summed E-state index contributed by atoms with van der Waals surface area (Å²) >= 11 is 5.72. The van der Waals surface area contributed by atoms with Gasteiger partial charge in [-0.2, -0.15) is 8.42 Å². The summed E-state index contributed by atoms with van der Waals surface area (Å²) < 4.78 is 25.4. The summed E-state index contributed by atoms with van der Waals surface area (Å²) in [5, 5.41) is 0.312. The molecule has 0 heterocycles. The van der Waals surface area contributed by atoms with Crippen LogP contribution < -0.4 is 0 Å². The molecule has 0 unspecified atom stereocenters. The van der Waals surface area contributed by atoms with E-state index in [2.05, 4.69) is 4.40 Å². The summed E-state index contributed by atoms with van der Waals surface area (Å²) in [4.78, 5) is 9.81. The molecule has 14 heavy (non-hydrogen) atoms. The quantitative estimate of drug-likeness (QED) is 0.575. The molecule has 0 fully saturated rings. The highest BCUT2D eigenvalue weighted by Gasteiger charge is 2.16. The van der Waals surface area contributed by atoms with Gasteiger partial charge in [-0.1, -0.05) is 22.1 Å². The molecule has 1 aromatic carbocycles. The Labute approximate surface area is 86.3 Å². The van der Waals surface area contributed by atoms with E-state index >= 15 is 0 Å². The number of halogens is 1. The van der Waals surface area contributed by atoms with E-state index in [1.807, 2.05) is 0 Å². The lowest BCUT2D eigenvalue weighted by atomic mass is 10.2. The third-order valence-electron chi connectivity index (χ3n) is 1.65. The molecular formula is C8H6ClNO3S. The second-order valence-corrected chi connectivity index (χ2v) is 4.50. The number of isocyanates is 1. The van der Waals surface area contributed by atoms with Crippen molar-refractivity contribution < 1.29 is 13.2 Å².